The lowest BCUT2D eigenvalue weighted by atomic mass is 9.87. The van der Waals surface area contributed by atoms with Gasteiger partial charge in [-0.2, -0.15) is 0 Å². The van der Waals surface area contributed by atoms with E-state index < -0.39 is 0 Å². The summed E-state index contributed by atoms with van der Waals surface area (Å²) in [5.41, 5.74) is 1.61. The lowest BCUT2D eigenvalue weighted by Crippen LogP contribution is -2.52. The molecule has 1 N–H and O–H groups in total. The zero-order chi connectivity index (χ0) is 25.2. The Labute approximate surface area is 214 Å². The van der Waals surface area contributed by atoms with Crippen molar-refractivity contribution in [3.63, 3.8) is 0 Å². The number of nitrogens with one attached hydrogen (secondary N) is 1. The molecule has 1 spiro atoms. The molecule has 4 aromatic rings. The van der Waals surface area contributed by atoms with Gasteiger partial charge in [0.05, 0.1) is 25.0 Å². The van der Waals surface area contributed by atoms with Crippen LogP contribution in [0.1, 0.15) is 35.6 Å². The summed E-state index contributed by atoms with van der Waals surface area (Å²) < 4.78 is 17.9. The zero-order valence-corrected chi connectivity index (χ0v) is 20.5. The van der Waals surface area contributed by atoms with Gasteiger partial charge < -0.3 is 28.7 Å². The fourth-order valence-electron chi connectivity index (χ4n) is 5.29. The second-order valence-electron chi connectivity index (χ2n) is 9.72. The minimum Gasteiger partial charge on any atom is -0.485 e. The van der Waals surface area contributed by atoms with Gasteiger partial charge in [-0.05, 0) is 36.4 Å². The van der Waals surface area contributed by atoms with Gasteiger partial charge in [-0.3, -0.25) is 9.59 Å². The minimum absolute atomic E-state index is 0.0541. The van der Waals surface area contributed by atoms with Gasteiger partial charge in [-0.1, -0.05) is 30.3 Å². The number of piperidine rings is 1. The quantitative estimate of drug-likeness (QED) is 0.432. The predicted octanol–water partition coefficient (Wildman–Crippen LogP) is 4.61. The Morgan fingerprint density at radius 2 is 1.70 bits per heavy atom. The molecule has 4 heterocycles. The third-order valence-corrected chi connectivity index (χ3v) is 7.37. The van der Waals surface area contributed by atoms with E-state index in [1.807, 2.05) is 36.4 Å². The molecule has 2 aliphatic heterocycles. The molecule has 2 aromatic heterocycles. The van der Waals surface area contributed by atoms with Crippen LogP contribution in [0.4, 0.5) is 5.69 Å². The van der Waals surface area contributed by atoms with E-state index in [2.05, 4.69) is 28.4 Å². The number of hydrogen-bond donors (Lipinski definition) is 1. The molecule has 6 rings (SSSR count). The fraction of sp³-hybridized carbons (Fsp3) is 0.310. The maximum absolute atomic E-state index is 12.8. The first kappa shape index (κ1) is 23.2. The van der Waals surface area contributed by atoms with Gasteiger partial charge in [-0.15, -0.1) is 0 Å². The van der Waals surface area contributed by atoms with Gasteiger partial charge in [-0.25, -0.2) is 0 Å². The van der Waals surface area contributed by atoms with E-state index in [0.717, 1.165) is 54.0 Å². The normalized spacial score (nSPS) is 16.8. The number of benzene rings is 2. The Morgan fingerprint density at radius 3 is 2.51 bits per heavy atom. The van der Waals surface area contributed by atoms with Crippen molar-refractivity contribution in [3.8, 4) is 5.75 Å². The van der Waals surface area contributed by atoms with Crippen molar-refractivity contribution < 1.29 is 23.2 Å². The van der Waals surface area contributed by atoms with Crippen molar-refractivity contribution in [2.75, 3.05) is 31.1 Å². The number of carbonyl (C=O) groups excluding carboxylic acids is 2. The fourth-order valence-corrected chi connectivity index (χ4v) is 5.29. The first-order valence-electron chi connectivity index (χ1n) is 12.7. The maximum Gasteiger partial charge on any atom is 0.287 e. The molecule has 8 nitrogen and oxygen atoms in total. The zero-order valence-electron chi connectivity index (χ0n) is 20.5. The molecule has 0 saturated carbocycles. The van der Waals surface area contributed by atoms with Crippen molar-refractivity contribution in [3.05, 3.63) is 84.5 Å². The van der Waals surface area contributed by atoms with Crippen LogP contribution < -0.4 is 15.0 Å². The summed E-state index contributed by atoms with van der Waals surface area (Å²) in [6, 6.07) is 21.5. The summed E-state index contributed by atoms with van der Waals surface area (Å²) in [6.07, 6.45) is 3.75. The van der Waals surface area contributed by atoms with E-state index in [4.69, 9.17) is 13.6 Å². The van der Waals surface area contributed by atoms with E-state index in [9.17, 15) is 9.59 Å². The summed E-state index contributed by atoms with van der Waals surface area (Å²) in [6.45, 7) is 2.59. The Balaban J connectivity index is 1.11. The van der Waals surface area contributed by atoms with Crippen molar-refractivity contribution >= 4 is 28.5 Å². The van der Waals surface area contributed by atoms with Crippen molar-refractivity contribution in [2.45, 2.75) is 31.4 Å². The van der Waals surface area contributed by atoms with Crippen LogP contribution in [0, 0.1) is 0 Å². The summed E-state index contributed by atoms with van der Waals surface area (Å²) in [4.78, 5) is 29.0. The summed E-state index contributed by atoms with van der Waals surface area (Å²) in [5.74, 6) is 1.49. The standard InChI is InChI=1S/C29H29N3O5/c33-27(19-30-28(34)26-10-5-17-35-26)31-14-11-29(12-15-31)13-16-32(23-7-2-4-9-25(23)37-29)20-22-18-21-6-1-3-8-24(21)36-22/h1-10,17-18H,11-16,19-20H2,(H,30,34). The molecule has 2 aromatic carbocycles. The van der Waals surface area contributed by atoms with E-state index in [1.165, 1.54) is 6.26 Å². The molecule has 0 unspecified atom stereocenters. The summed E-state index contributed by atoms with van der Waals surface area (Å²) >= 11 is 0. The van der Waals surface area contributed by atoms with E-state index in [1.54, 1.807) is 17.0 Å². The first-order chi connectivity index (χ1) is 18.1. The molecule has 190 valence electrons. The van der Waals surface area contributed by atoms with Crippen LogP contribution in [0.25, 0.3) is 11.0 Å². The highest BCUT2D eigenvalue weighted by Crippen LogP contribution is 2.41. The van der Waals surface area contributed by atoms with Crippen LogP contribution in [0.2, 0.25) is 0 Å². The van der Waals surface area contributed by atoms with Gasteiger partial charge in [0.2, 0.25) is 5.91 Å². The third kappa shape index (κ3) is 4.79. The largest absolute Gasteiger partial charge is 0.485 e. The number of carbonyl (C=O) groups is 2. The topological polar surface area (TPSA) is 88.2 Å². The lowest BCUT2D eigenvalue weighted by molar-refractivity contribution is -0.133. The molecule has 0 atom stereocenters. The highest BCUT2D eigenvalue weighted by Gasteiger charge is 2.40. The van der Waals surface area contributed by atoms with Crippen LogP contribution in [0.5, 0.6) is 5.75 Å². The number of likely N-dealkylation sites (tertiary alicyclic amines) is 1. The Bertz CT molecular complexity index is 1370. The smallest absolute Gasteiger partial charge is 0.287 e. The van der Waals surface area contributed by atoms with E-state index >= 15 is 0 Å². The molecule has 0 bridgehead atoms. The number of hydrogen-bond acceptors (Lipinski definition) is 6. The highest BCUT2D eigenvalue weighted by molar-refractivity contribution is 5.94. The van der Waals surface area contributed by atoms with E-state index in [0.29, 0.717) is 19.6 Å². The minimum atomic E-state index is -0.389. The van der Waals surface area contributed by atoms with Crippen molar-refractivity contribution in [2.24, 2.45) is 0 Å². The maximum atomic E-state index is 12.8. The Kier molecular flexibility index (Phi) is 6.08. The van der Waals surface area contributed by atoms with Crippen LogP contribution in [-0.2, 0) is 11.3 Å². The molecular formula is C29H29N3O5. The molecule has 0 radical (unpaired) electrons. The SMILES string of the molecule is O=C(NCC(=O)N1CCC2(CC1)CCN(Cc1cc3ccccc3o1)c1ccccc1O2)c1ccco1. The second-order valence-corrected chi connectivity index (χ2v) is 9.72. The Morgan fingerprint density at radius 1 is 0.919 bits per heavy atom. The Hall–Kier alpha value is -4.20. The van der Waals surface area contributed by atoms with E-state index in [-0.39, 0.29) is 29.7 Å². The van der Waals surface area contributed by atoms with Crippen LogP contribution in [0.15, 0.2) is 81.8 Å². The van der Waals surface area contributed by atoms with Gasteiger partial charge in [0.1, 0.15) is 22.7 Å². The number of fused-ring (bicyclic) bond motifs is 2. The summed E-state index contributed by atoms with van der Waals surface area (Å²) in [7, 11) is 0. The van der Waals surface area contributed by atoms with Crippen molar-refractivity contribution in [1.29, 1.82) is 0 Å². The molecule has 1 fully saturated rings. The number of anilines is 1. The molecular weight excluding hydrogens is 470 g/mol. The second kappa shape index (κ2) is 9.69. The molecule has 0 aliphatic carbocycles. The van der Waals surface area contributed by atoms with Crippen LogP contribution in [-0.4, -0.2) is 48.5 Å². The van der Waals surface area contributed by atoms with Gasteiger partial charge >= 0.3 is 0 Å². The van der Waals surface area contributed by atoms with Gasteiger partial charge in [0.15, 0.2) is 5.76 Å². The highest BCUT2D eigenvalue weighted by atomic mass is 16.5. The molecule has 1 saturated heterocycles. The molecule has 8 heteroatoms. The predicted molar refractivity (Wildman–Crippen MR) is 139 cm³/mol. The number of para-hydroxylation sites is 3. The first-order valence-corrected chi connectivity index (χ1v) is 12.7. The number of ether oxygens (including phenoxy) is 1. The molecule has 2 amide bonds. The molecule has 2 aliphatic rings. The van der Waals surface area contributed by atoms with Crippen LogP contribution in [0.3, 0.4) is 0 Å². The third-order valence-electron chi connectivity index (χ3n) is 7.37. The average molecular weight is 500 g/mol. The number of amides is 2. The van der Waals surface area contributed by atoms with Gasteiger partial charge in [0.25, 0.3) is 5.91 Å². The van der Waals surface area contributed by atoms with Gasteiger partial charge in [0, 0.05) is 44.3 Å². The number of rotatable bonds is 5. The lowest BCUT2D eigenvalue weighted by Gasteiger charge is -2.41. The number of furan rings is 2. The average Bonchev–Trinajstić information content (AvgIpc) is 3.58. The summed E-state index contributed by atoms with van der Waals surface area (Å²) in [5, 5.41) is 3.75. The van der Waals surface area contributed by atoms with Crippen molar-refractivity contribution in [1.82, 2.24) is 10.2 Å². The molecule has 37 heavy (non-hydrogen) atoms. The van der Waals surface area contributed by atoms with Crippen LogP contribution >= 0.6 is 0 Å². The number of nitrogens with zero attached hydrogens (tertiary/aromatic N) is 2. The monoisotopic (exact) mass is 499 g/mol.